The van der Waals surface area contributed by atoms with Gasteiger partial charge in [-0.3, -0.25) is 4.79 Å². The van der Waals surface area contributed by atoms with Crippen LogP contribution < -0.4 is 5.32 Å². The van der Waals surface area contributed by atoms with E-state index in [4.69, 9.17) is 0 Å². The molecule has 2 rings (SSSR count). The van der Waals surface area contributed by atoms with Crippen molar-refractivity contribution < 1.29 is 9.59 Å². The molecule has 132 valence electrons. The van der Waals surface area contributed by atoms with Gasteiger partial charge in [0.1, 0.15) is 0 Å². The third-order valence-electron chi connectivity index (χ3n) is 4.45. The first-order chi connectivity index (χ1) is 11.5. The second-order valence-electron chi connectivity index (χ2n) is 6.70. The quantitative estimate of drug-likeness (QED) is 0.902. The van der Waals surface area contributed by atoms with E-state index >= 15 is 0 Å². The minimum Gasteiger partial charge on any atom is -0.338 e. The van der Waals surface area contributed by atoms with Crippen LogP contribution in [-0.2, 0) is 11.3 Å². The molecule has 0 spiro atoms. The standard InChI is InChI=1S/C19H29N3O2/c1-4-21(14-16-8-6-5-7-9-16)18(23)17-10-12-22(13-11-17)19(24)20-15(2)3/h5-9,15,17H,4,10-14H2,1-3H3,(H,20,24). The number of carbonyl (C=O) groups is 2. The molecular formula is C19H29N3O2. The van der Waals surface area contributed by atoms with Gasteiger partial charge in [0.25, 0.3) is 0 Å². The van der Waals surface area contributed by atoms with Gasteiger partial charge in [-0.1, -0.05) is 30.3 Å². The number of benzene rings is 1. The summed E-state index contributed by atoms with van der Waals surface area (Å²) in [5.74, 6) is 0.238. The summed E-state index contributed by atoms with van der Waals surface area (Å²) in [6.45, 7) is 8.60. The van der Waals surface area contributed by atoms with Crippen molar-refractivity contribution in [2.45, 2.75) is 46.2 Å². The number of piperidine rings is 1. The zero-order valence-corrected chi connectivity index (χ0v) is 15.0. The molecular weight excluding hydrogens is 302 g/mol. The van der Waals surface area contributed by atoms with E-state index in [1.165, 1.54) is 0 Å². The lowest BCUT2D eigenvalue weighted by molar-refractivity contribution is -0.137. The van der Waals surface area contributed by atoms with Gasteiger partial charge in [-0.2, -0.15) is 0 Å². The van der Waals surface area contributed by atoms with Crippen LogP contribution in [0.1, 0.15) is 39.2 Å². The fourth-order valence-corrected chi connectivity index (χ4v) is 3.08. The fourth-order valence-electron chi connectivity index (χ4n) is 3.08. The van der Waals surface area contributed by atoms with Crippen LogP contribution in [0.15, 0.2) is 30.3 Å². The first-order valence-electron chi connectivity index (χ1n) is 8.89. The smallest absolute Gasteiger partial charge is 0.317 e. The summed E-state index contributed by atoms with van der Waals surface area (Å²) in [6.07, 6.45) is 1.49. The molecule has 1 N–H and O–H groups in total. The van der Waals surface area contributed by atoms with E-state index in [-0.39, 0.29) is 23.9 Å². The highest BCUT2D eigenvalue weighted by Gasteiger charge is 2.29. The molecule has 1 aliphatic rings. The van der Waals surface area contributed by atoms with Crippen molar-refractivity contribution in [2.24, 2.45) is 5.92 Å². The summed E-state index contributed by atoms with van der Waals surface area (Å²) in [6, 6.07) is 10.2. The summed E-state index contributed by atoms with van der Waals surface area (Å²) in [7, 11) is 0. The monoisotopic (exact) mass is 331 g/mol. The average molecular weight is 331 g/mol. The number of carbonyl (C=O) groups excluding carboxylic acids is 2. The van der Waals surface area contributed by atoms with Crippen LogP contribution in [-0.4, -0.2) is 47.4 Å². The number of amides is 3. The van der Waals surface area contributed by atoms with E-state index in [0.717, 1.165) is 18.4 Å². The summed E-state index contributed by atoms with van der Waals surface area (Å²) in [4.78, 5) is 28.6. The molecule has 5 nitrogen and oxygen atoms in total. The van der Waals surface area contributed by atoms with Gasteiger partial charge < -0.3 is 15.1 Å². The number of rotatable bonds is 5. The first kappa shape index (κ1) is 18.3. The maximum Gasteiger partial charge on any atom is 0.317 e. The second kappa shape index (κ2) is 8.71. The normalized spacial score (nSPS) is 15.4. The van der Waals surface area contributed by atoms with E-state index in [2.05, 4.69) is 17.4 Å². The molecule has 0 radical (unpaired) electrons. The fraction of sp³-hybridized carbons (Fsp3) is 0.579. The summed E-state index contributed by atoms with van der Waals surface area (Å²) in [5.41, 5.74) is 1.15. The molecule has 1 fully saturated rings. The molecule has 0 atom stereocenters. The van der Waals surface area contributed by atoms with E-state index in [0.29, 0.717) is 26.2 Å². The Hall–Kier alpha value is -2.04. The van der Waals surface area contributed by atoms with Crippen LogP contribution in [0, 0.1) is 5.92 Å². The van der Waals surface area contributed by atoms with Crippen molar-refractivity contribution in [3.63, 3.8) is 0 Å². The average Bonchev–Trinajstić information content (AvgIpc) is 2.59. The van der Waals surface area contributed by atoms with Crippen LogP contribution in [0.4, 0.5) is 4.79 Å². The van der Waals surface area contributed by atoms with Crippen molar-refractivity contribution in [3.8, 4) is 0 Å². The predicted octanol–water partition coefficient (Wildman–Crippen LogP) is 2.87. The Morgan fingerprint density at radius 3 is 2.38 bits per heavy atom. The van der Waals surface area contributed by atoms with Gasteiger partial charge in [-0.05, 0) is 39.2 Å². The number of nitrogens with zero attached hydrogens (tertiary/aromatic N) is 2. The van der Waals surface area contributed by atoms with Gasteiger partial charge in [0.15, 0.2) is 0 Å². The zero-order chi connectivity index (χ0) is 17.5. The van der Waals surface area contributed by atoms with Crippen molar-refractivity contribution in [3.05, 3.63) is 35.9 Å². The molecule has 0 bridgehead atoms. The highest BCUT2D eigenvalue weighted by molar-refractivity contribution is 5.80. The number of hydrogen-bond acceptors (Lipinski definition) is 2. The summed E-state index contributed by atoms with van der Waals surface area (Å²) < 4.78 is 0. The van der Waals surface area contributed by atoms with Crippen LogP contribution in [0.3, 0.4) is 0 Å². The Labute approximate surface area is 145 Å². The molecule has 24 heavy (non-hydrogen) atoms. The molecule has 0 unspecified atom stereocenters. The van der Waals surface area contributed by atoms with Crippen molar-refractivity contribution in [1.82, 2.24) is 15.1 Å². The minimum atomic E-state index is -0.0208. The molecule has 0 aromatic heterocycles. The third-order valence-corrected chi connectivity index (χ3v) is 4.45. The van der Waals surface area contributed by atoms with Crippen molar-refractivity contribution in [1.29, 1.82) is 0 Å². The van der Waals surface area contributed by atoms with Crippen LogP contribution in [0.2, 0.25) is 0 Å². The van der Waals surface area contributed by atoms with E-state index in [1.807, 2.05) is 48.8 Å². The molecule has 1 aromatic carbocycles. The molecule has 1 heterocycles. The number of urea groups is 1. The third kappa shape index (κ3) is 4.98. The highest BCUT2D eigenvalue weighted by Crippen LogP contribution is 2.21. The van der Waals surface area contributed by atoms with E-state index in [1.54, 1.807) is 0 Å². The van der Waals surface area contributed by atoms with Gasteiger partial charge in [0, 0.05) is 38.1 Å². The maximum atomic E-state index is 12.8. The lowest BCUT2D eigenvalue weighted by Crippen LogP contribution is -2.48. The van der Waals surface area contributed by atoms with Crippen LogP contribution >= 0.6 is 0 Å². The summed E-state index contributed by atoms with van der Waals surface area (Å²) >= 11 is 0. The maximum absolute atomic E-state index is 12.8. The lowest BCUT2D eigenvalue weighted by Gasteiger charge is -2.34. The first-order valence-corrected chi connectivity index (χ1v) is 8.89. The minimum absolute atomic E-state index is 0.0208. The topological polar surface area (TPSA) is 52.7 Å². The second-order valence-corrected chi connectivity index (χ2v) is 6.70. The molecule has 3 amide bonds. The van der Waals surface area contributed by atoms with Gasteiger partial charge in [-0.15, -0.1) is 0 Å². The van der Waals surface area contributed by atoms with Gasteiger partial charge in [0.05, 0.1) is 0 Å². The molecule has 1 aromatic rings. The van der Waals surface area contributed by atoms with Gasteiger partial charge >= 0.3 is 6.03 Å². The Balaban J connectivity index is 1.87. The highest BCUT2D eigenvalue weighted by atomic mass is 16.2. The molecule has 0 saturated carbocycles. The largest absolute Gasteiger partial charge is 0.338 e. The molecule has 1 saturated heterocycles. The Morgan fingerprint density at radius 2 is 1.83 bits per heavy atom. The molecule has 5 heteroatoms. The SMILES string of the molecule is CCN(Cc1ccccc1)C(=O)C1CCN(C(=O)NC(C)C)CC1. The van der Waals surface area contributed by atoms with Crippen LogP contribution in [0.5, 0.6) is 0 Å². The number of hydrogen-bond donors (Lipinski definition) is 1. The summed E-state index contributed by atoms with van der Waals surface area (Å²) in [5, 5.41) is 2.91. The number of likely N-dealkylation sites (tertiary alicyclic amines) is 1. The van der Waals surface area contributed by atoms with Gasteiger partial charge in [-0.25, -0.2) is 4.79 Å². The Kier molecular flexibility index (Phi) is 6.64. The predicted molar refractivity (Wildman–Crippen MR) is 95.5 cm³/mol. The molecule has 1 aliphatic heterocycles. The van der Waals surface area contributed by atoms with Crippen molar-refractivity contribution >= 4 is 11.9 Å². The van der Waals surface area contributed by atoms with E-state index < -0.39 is 0 Å². The van der Waals surface area contributed by atoms with Crippen LogP contribution in [0.25, 0.3) is 0 Å². The van der Waals surface area contributed by atoms with Crippen molar-refractivity contribution in [2.75, 3.05) is 19.6 Å². The Bertz CT molecular complexity index is 537. The Morgan fingerprint density at radius 1 is 1.21 bits per heavy atom. The zero-order valence-electron chi connectivity index (χ0n) is 15.0. The lowest BCUT2D eigenvalue weighted by atomic mass is 9.95. The van der Waals surface area contributed by atoms with Gasteiger partial charge in [0.2, 0.25) is 5.91 Å². The van der Waals surface area contributed by atoms with E-state index in [9.17, 15) is 9.59 Å². The number of nitrogens with one attached hydrogen (secondary N) is 1. The molecule has 0 aliphatic carbocycles.